The van der Waals surface area contributed by atoms with Crippen LogP contribution in [-0.4, -0.2) is 26.6 Å². The second kappa shape index (κ2) is 10.1. The molecule has 3 aliphatic carbocycles. The van der Waals surface area contributed by atoms with E-state index in [9.17, 15) is 18.3 Å². The Morgan fingerprint density at radius 1 is 1.08 bits per heavy atom. The van der Waals surface area contributed by atoms with E-state index in [1.165, 1.54) is 12.2 Å². The lowest BCUT2D eigenvalue weighted by atomic mass is 9.71. The van der Waals surface area contributed by atoms with Crippen molar-refractivity contribution in [3.05, 3.63) is 51.9 Å². The Balaban J connectivity index is 1.83. The number of alkyl halides is 3. The number of pyridine rings is 1. The van der Waals surface area contributed by atoms with Crippen molar-refractivity contribution >= 4 is 0 Å². The largest absolute Gasteiger partial charge is 0.423 e. The summed E-state index contributed by atoms with van der Waals surface area (Å²) in [7, 11) is 0. The topological polar surface area (TPSA) is 45.9 Å². The summed E-state index contributed by atoms with van der Waals surface area (Å²) in [4.78, 5) is 5.31. The summed E-state index contributed by atoms with van der Waals surface area (Å²) in [6.07, 6.45) is 4.85. The maximum absolute atomic E-state index is 13.3. The Morgan fingerprint density at radius 3 is 2.24 bits per heavy atom. The zero-order valence-electron chi connectivity index (χ0n) is 24.5. The number of fused-ring (bicyclic) bond motifs is 1. The van der Waals surface area contributed by atoms with Gasteiger partial charge in [-0.2, -0.15) is 13.2 Å². The van der Waals surface area contributed by atoms with Gasteiger partial charge in [0.05, 0.1) is 22.9 Å². The normalized spacial score (nSPS) is 25.3. The Morgan fingerprint density at radius 2 is 1.71 bits per heavy atom. The zero-order valence-corrected chi connectivity index (χ0v) is 24.5. The molecule has 3 aliphatic rings. The highest BCUT2D eigenvalue weighted by Gasteiger charge is 2.47. The van der Waals surface area contributed by atoms with Crippen LogP contribution in [0.5, 0.6) is 0 Å². The standard InChI is InChI=1S/C32H46F3NO2/c1-19-25-23(17-30(5,6)18-24(25)38-31(7,8)29(2,3)4)36-27(20-11-9-10-12-20)26(19)28(37)21-13-15-22(16-14-21)32(33,34)35/h13-15,20,22,24,28,37H,9-12,16-18H2,1-8H3/p+1. The number of halogens is 3. The van der Waals surface area contributed by atoms with Crippen LogP contribution in [0.3, 0.4) is 0 Å². The van der Waals surface area contributed by atoms with Crippen LogP contribution >= 0.6 is 0 Å². The summed E-state index contributed by atoms with van der Waals surface area (Å²) in [5.41, 5.74) is 5.23. The lowest BCUT2D eigenvalue weighted by molar-refractivity contribution is -0.264. The average molecular weight is 535 g/mol. The summed E-state index contributed by atoms with van der Waals surface area (Å²) in [5.74, 6) is -1.23. The van der Waals surface area contributed by atoms with Crippen molar-refractivity contribution in [1.82, 2.24) is 4.98 Å². The smallest absolute Gasteiger partial charge is 0.395 e. The van der Waals surface area contributed by atoms with Gasteiger partial charge in [0.2, 0.25) is 0 Å². The summed E-state index contributed by atoms with van der Waals surface area (Å²) in [6, 6.07) is 0. The van der Waals surface area contributed by atoms with Gasteiger partial charge in [-0.25, -0.2) is 0 Å². The fraction of sp³-hybridized carbons (Fsp3) is 0.719. The molecule has 3 nitrogen and oxygen atoms in total. The molecule has 38 heavy (non-hydrogen) atoms. The SMILES string of the molecule is Cc1c2c(nc(C3CCCC3)c1C(O)C1=CCC(C(F)(F)F)C=C1)CC(C)(C)CC2[OH+]C(C)(C)C(C)(C)C. The lowest BCUT2D eigenvalue weighted by Crippen LogP contribution is -2.45. The molecule has 0 aliphatic heterocycles. The minimum atomic E-state index is -4.27. The Labute approximate surface area is 227 Å². The molecule has 1 aromatic heterocycles. The van der Waals surface area contributed by atoms with Gasteiger partial charge in [-0.1, -0.05) is 65.7 Å². The van der Waals surface area contributed by atoms with Crippen molar-refractivity contribution in [3.8, 4) is 0 Å². The quantitative estimate of drug-likeness (QED) is 0.385. The van der Waals surface area contributed by atoms with Gasteiger partial charge >= 0.3 is 6.18 Å². The van der Waals surface area contributed by atoms with Crippen molar-refractivity contribution < 1.29 is 23.0 Å². The highest BCUT2D eigenvalue weighted by Crippen LogP contribution is 2.50. The van der Waals surface area contributed by atoms with Crippen molar-refractivity contribution in [2.75, 3.05) is 0 Å². The molecule has 1 fully saturated rings. The van der Waals surface area contributed by atoms with Gasteiger partial charge in [0, 0.05) is 37.2 Å². The fourth-order valence-electron chi connectivity index (χ4n) is 6.35. The van der Waals surface area contributed by atoms with Crippen LogP contribution in [0, 0.1) is 23.7 Å². The molecule has 2 N–H and O–H groups in total. The minimum Gasteiger partial charge on any atom is -0.423 e. The maximum atomic E-state index is 13.3. The monoisotopic (exact) mass is 534 g/mol. The van der Waals surface area contributed by atoms with Crippen LogP contribution in [-0.2, 0) is 6.42 Å². The summed E-state index contributed by atoms with van der Waals surface area (Å²) in [5, 5.41) is 11.7. The number of nitrogens with zero attached hydrogens (tertiary/aromatic N) is 1. The van der Waals surface area contributed by atoms with E-state index in [1.54, 1.807) is 6.08 Å². The number of allylic oxidation sites excluding steroid dienone is 2. The van der Waals surface area contributed by atoms with E-state index in [0.29, 0.717) is 5.57 Å². The molecule has 1 saturated carbocycles. The van der Waals surface area contributed by atoms with E-state index in [4.69, 9.17) is 9.72 Å². The van der Waals surface area contributed by atoms with E-state index in [-0.39, 0.29) is 34.9 Å². The Bertz CT molecular complexity index is 1100. The maximum Gasteiger partial charge on any atom is 0.395 e. The number of rotatable bonds is 5. The predicted molar refractivity (Wildman–Crippen MR) is 147 cm³/mol. The first kappa shape index (κ1) is 29.3. The number of aliphatic hydroxyl groups is 3. The molecule has 3 atom stereocenters. The number of hydrogen-bond acceptors (Lipinski definition) is 2. The number of ether oxygens (including phenoxy) is 1. The van der Waals surface area contributed by atoms with Gasteiger partial charge < -0.3 is 9.84 Å². The number of aromatic nitrogens is 1. The van der Waals surface area contributed by atoms with Crippen LogP contribution in [0.25, 0.3) is 0 Å². The molecule has 1 heterocycles. The molecule has 4 rings (SSSR count). The lowest BCUT2D eigenvalue weighted by Gasteiger charge is -2.42. The van der Waals surface area contributed by atoms with Crippen LogP contribution in [0.1, 0.15) is 133 Å². The van der Waals surface area contributed by atoms with Crippen molar-refractivity contribution in [2.24, 2.45) is 16.7 Å². The molecule has 3 unspecified atom stereocenters. The van der Waals surface area contributed by atoms with Crippen LogP contribution < -0.4 is 0 Å². The molecular formula is C32H47F3NO2+. The van der Waals surface area contributed by atoms with Crippen LogP contribution in [0.15, 0.2) is 23.8 Å². The van der Waals surface area contributed by atoms with Gasteiger partial charge in [0.15, 0.2) is 11.7 Å². The second-order valence-corrected chi connectivity index (χ2v) is 14.2. The summed E-state index contributed by atoms with van der Waals surface area (Å²) >= 11 is 0. The van der Waals surface area contributed by atoms with E-state index >= 15 is 0 Å². The zero-order chi connectivity index (χ0) is 28.3. The predicted octanol–water partition coefficient (Wildman–Crippen LogP) is 8.51. The molecule has 212 valence electrons. The van der Waals surface area contributed by atoms with E-state index in [2.05, 4.69) is 55.4 Å². The molecule has 0 bridgehead atoms. The summed E-state index contributed by atoms with van der Waals surface area (Å²) in [6.45, 7) is 17.7. The molecule has 1 aromatic rings. The second-order valence-electron chi connectivity index (χ2n) is 14.2. The van der Waals surface area contributed by atoms with E-state index < -0.39 is 18.2 Å². The first-order valence-electron chi connectivity index (χ1n) is 14.3. The summed E-state index contributed by atoms with van der Waals surface area (Å²) < 4.78 is 45.3. The Hall–Kier alpha value is -1.66. The molecule has 0 saturated heterocycles. The van der Waals surface area contributed by atoms with Crippen molar-refractivity contribution in [1.29, 1.82) is 0 Å². The van der Waals surface area contributed by atoms with Crippen molar-refractivity contribution in [2.45, 2.75) is 130 Å². The van der Waals surface area contributed by atoms with Gasteiger partial charge in [0.25, 0.3) is 0 Å². The Kier molecular flexibility index (Phi) is 7.77. The number of aliphatic hydroxyl groups excluding tert-OH is 1. The van der Waals surface area contributed by atoms with Crippen LogP contribution in [0.4, 0.5) is 13.2 Å². The molecule has 0 spiro atoms. The van der Waals surface area contributed by atoms with Gasteiger partial charge in [-0.3, -0.25) is 4.98 Å². The van der Waals surface area contributed by atoms with Gasteiger partial charge in [-0.05, 0) is 49.2 Å². The van der Waals surface area contributed by atoms with Crippen LogP contribution in [0.2, 0.25) is 0 Å². The highest BCUT2D eigenvalue weighted by atomic mass is 19.4. The molecule has 0 amide bonds. The molecule has 0 radical (unpaired) electrons. The fourth-order valence-corrected chi connectivity index (χ4v) is 6.35. The van der Waals surface area contributed by atoms with Gasteiger partial charge in [-0.15, -0.1) is 0 Å². The highest BCUT2D eigenvalue weighted by molar-refractivity contribution is 5.49. The number of hydrogen-bond donors (Lipinski definition) is 1. The third kappa shape index (κ3) is 5.77. The molecule has 6 heteroatoms. The van der Waals surface area contributed by atoms with E-state index in [1.807, 2.05) is 0 Å². The minimum absolute atomic E-state index is 0.0328. The first-order chi connectivity index (χ1) is 17.4. The first-order valence-corrected chi connectivity index (χ1v) is 14.3. The third-order valence-corrected chi connectivity index (χ3v) is 9.57. The van der Waals surface area contributed by atoms with Gasteiger partial charge in [0.1, 0.15) is 6.10 Å². The van der Waals surface area contributed by atoms with Crippen molar-refractivity contribution in [3.63, 3.8) is 0 Å². The molecule has 0 aromatic carbocycles. The molecular weight excluding hydrogens is 487 g/mol. The third-order valence-electron chi connectivity index (χ3n) is 9.57. The average Bonchev–Trinajstić information content (AvgIpc) is 3.30. The van der Waals surface area contributed by atoms with E-state index in [0.717, 1.165) is 66.6 Å².